The van der Waals surface area contributed by atoms with Gasteiger partial charge in [-0.25, -0.2) is 4.99 Å². The third-order valence-electron chi connectivity index (χ3n) is 4.14. The molecule has 0 aromatic heterocycles. The number of thioether (sulfide) groups is 2. The molecule has 25 heavy (non-hydrogen) atoms. The van der Waals surface area contributed by atoms with Gasteiger partial charge in [-0.1, -0.05) is 36.0 Å². The van der Waals surface area contributed by atoms with E-state index < -0.39 is 0 Å². The SMILES string of the molecule is Cc1cccc(N=C2S/C(=C3\Sc4ccccc4N3C)C(=O)N2C)c1. The molecule has 1 fully saturated rings. The zero-order valence-corrected chi connectivity index (χ0v) is 15.8. The molecule has 0 unspecified atom stereocenters. The normalized spacial score (nSPS) is 21.4. The number of carbonyl (C=O) groups excluding carboxylic acids is 1. The van der Waals surface area contributed by atoms with Crippen LogP contribution in [0.1, 0.15) is 5.56 Å². The Morgan fingerprint density at radius 2 is 1.76 bits per heavy atom. The molecule has 0 radical (unpaired) electrons. The number of aryl methyl sites for hydroxylation is 1. The Morgan fingerprint density at radius 3 is 2.52 bits per heavy atom. The van der Waals surface area contributed by atoms with E-state index in [9.17, 15) is 4.79 Å². The number of rotatable bonds is 1. The maximum atomic E-state index is 12.8. The molecule has 0 spiro atoms. The van der Waals surface area contributed by atoms with E-state index in [0.717, 1.165) is 26.9 Å². The first-order valence-corrected chi connectivity index (χ1v) is 9.54. The Hall–Kier alpha value is -2.18. The highest BCUT2D eigenvalue weighted by atomic mass is 32.2. The second kappa shape index (κ2) is 6.28. The molecular weight excluding hydrogens is 350 g/mol. The van der Waals surface area contributed by atoms with E-state index in [1.165, 1.54) is 16.7 Å². The van der Waals surface area contributed by atoms with E-state index in [0.29, 0.717) is 5.17 Å². The summed E-state index contributed by atoms with van der Waals surface area (Å²) in [4.78, 5) is 23.1. The van der Waals surface area contributed by atoms with Crippen LogP contribution in [0.25, 0.3) is 0 Å². The fraction of sp³-hybridized carbons (Fsp3) is 0.158. The molecule has 2 aliphatic rings. The first-order valence-electron chi connectivity index (χ1n) is 7.91. The Labute approximate surface area is 155 Å². The number of nitrogens with zero attached hydrogens (tertiary/aromatic N) is 3. The Balaban J connectivity index is 1.71. The summed E-state index contributed by atoms with van der Waals surface area (Å²) in [5.41, 5.74) is 3.15. The summed E-state index contributed by atoms with van der Waals surface area (Å²) in [6, 6.07) is 16.2. The molecule has 4 nitrogen and oxygen atoms in total. The zero-order valence-electron chi connectivity index (χ0n) is 14.2. The fourth-order valence-electron chi connectivity index (χ4n) is 2.78. The van der Waals surface area contributed by atoms with Gasteiger partial charge in [0.25, 0.3) is 5.91 Å². The maximum absolute atomic E-state index is 12.8. The lowest BCUT2D eigenvalue weighted by molar-refractivity contribution is -0.121. The minimum atomic E-state index is -0.00133. The molecule has 0 aliphatic carbocycles. The van der Waals surface area contributed by atoms with Crippen LogP contribution < -0.4 is 4.90 Å². The van der Waals surface area contributed by atoms with Crippen molar-refractivity contribution < 1.29 is 4.79 Å². The van der Waals surface area contributed by atoms with Crippen LogP contribution in [-0.4, -0.2) is 30.1 Å². The number of likely N-dealkylation sites (N-methyl/N-ethyl adjacent to an activating group) is 1. The fourth-order valence-corrected chi connectivity index (χ4v) is 5.12. The zero-order chi connectivity index (χ0) is 17.6. The molecule has 126 valence electrons. The Morgan fingerprint density at radius 1 is 0.960 bits per heavy atom. The van der Waals surface area contributed by atoms with Gasteiger partial charge in [0.2, 0.25) is 0 Å². The van der Waals surface area contributed by atoms with Crippen LogP contribution in [0.15, 0.2) is 68.4 Å². The van der Waals surface area contributed by atoms with Crippen molar-refractivity contribution in [2.45, 2.75) is 11.8 Å². The standard InChI is InChI=1S/C19H17N3OS2/c1-12-7-6-8-13(11-12)20-19-22(3)17(23)16(25-19)18-21(2)14-9-4-5-10-15(14)24-18/h4-11H,1-3H3/b18-16-,20-19?. The minimum absolute atomic E-state index is 0.00133. The van der Waals surface area contributed by atoms with Crippen molar-refractivity contribution >= 4 is 46.0 Å². The molecular formula is C19H17N3OS2. The van der Waals surface area contributed by atoms with Gasteiger partial charge in [-0.3, -0.25) is 9.69 Å². The topological polar surface area (TPSA) is 35.9 Å². The van der Waals surface area contributed by atoms with Crippen LogP contribution in [0.4, 0.5) is 11.4 Å². The number of anilines is 1. The molecule has 0 N–H and O–H groups in total. The number of hydrogen-bond donors (Lipinski definition) is 0. The Bertz CT molecular complexity index is 936. The van der Waals surface area contributed by atoms with Crippen molar-refractivity contribution in [1.29, 1.82) is 0 Å². The summed E-state index contributed by atoms with van der Waals surface area (Å²) in [6.45, 7) is 2.04. The third-order valence-corrected chi connectivity index (χ3v) is 6.62. The lowest BCUT2D eigenvalue weighted by atomic mass is 10.2. The van der Waals surface area contributed by atoms with Gasteiger partial charge in [0.1, 0.15) is 4.91 Å². The summed E-state index contributed by atoms with van der Waals surface area (Å²) < 4.78 is 0. The monoisotopic (exact) mass is 367 g/mol. The molecule has 1 saturated heterocycles. The van der Waals surface area contributed by atoms with Crippen molar-refractivity contribution in [3.8, 4) is 0 Å². The first-order chi connectivity index (χ1) is 12.0. The second-order valence-electron chi connectivity index (χ2n) is 5.96. The van der Waals surface area contributed by atoms with Crippen LogP contribution in [0.2, 0.25) is 0 Å². The highest BCUT2D eigenvalue weighted by Crippen LogP contribution is 2.49. The van der Waals surface area contributed by atoms with Gasteiger partial charge in [-0.05, 0) is 48.5 Å². The number of benzene rings is 2. The number of carbonyl (C=O) groups is 1. The van der Waals surface area contributed by atoms with Gasteiger partial charge in [-0.15, -0.1) is 0 Å². The number of para-hydroxylation sites is 1. The van der Waals surface area contributed by atoms with Crippen molar-refractivity contribution in [3.05, 3.63) is 64.0 Å². The maximum Gasteiger partial charge on any atom is 0.269 e. The second-order valence-corrected chi connectivity index (χ2v) is 7.97. The highest BCUT2D eigenvalue weighted by molar-refractivity contribution is 8.19. The molecule has 0 bridgehead atoms. The lowest BCUT2D eigenvalue weighted by Gasteiger charge is -2.14. The largest absolute Gasteiger partial charge is 0.337 e. The third kappa shape index (κ3) is 2.85. The first kappa shape index (κ1) is 16.3. The number of aliphatic imine (C=N–C) groups is 1. The van der Waals surface area contributed by atoms with Crippen molar-refractivity contribution in [2.24, 2.45) is 4.99 Å². The molecule has 2 aromatic carbocycles. The van der Waals surface area contributed by atoms with E-state index in [-0.39, 0.29) is 5.91 Å². The number of hydrogen-bond acceptors (Lipinski definition) is 5. The van der Waals surface area contributed by atoms with E-state index in [4.69, 9.17) is 0 Å². The quantitative estimate of drug-likeness (QED) is 0.690. The van der Waals surface area contributed by atoms with E-state index >= 15 is 0 Å². The summed E-state index contributed by atoms with van der Waals surface area (Å²) in [5, 5.41) is 1.68. The van der Waals surface area contributed by atoms with Crippen molar-refractivity contribution in [2.75, 3.05) is 19.0 Å². The average Bonchev–Trinajstić information content (AvgIpc) is 3.07. The highest BCUT2D eigenvalue weighted by Gasteiger charge is 2.37. The summed E-state index contributed by atoms with van der Waals surface area (Å²) >= 11 is 3.08. The lowest BCUT2D eigenvalue weighted by Crippen LogP contribution is -2.24. The molecule has 0 saturated carbocycles. The van der Waals surface area contributed by atoms with Crippen LogP contribution in [0, 0.1) is 6.92 Å². The number of amides is 1. The van der Waals surface area contributed by atoms with Gasteiger partial charge in [0, 0.05) is 19.0 Å². The smallest absolute Gasteiger partial charge is 0.269 e. The van der Waals surface area contributed by atoms with Gasteiger partial charge in [0.05, 0.1) is 16.4 Å². The summed E-state index contributed by atoms with van der Waals surface area (Å²) in [5.74, 6) is -0.00133. The van der Waals surface area contributed by atoms with Crippen molar-refractivity contribution in [3.63, 3.8) is 0 Å². The summed E-state index contributed by atoms with van der Waals surface area (Å²) in [6.07, 6.45) is 0. The van der Waals surface area contributed by atoms with Crippen LogP contribution in [-0.2, 0) is 4.79 Å². The molecule has 2 heterocycles. The molecule has 1 amide bonds. The van der Waals surface area contributed by atoms with E-state index in [1.54, 1.807) is 23.7 Å². The van der Waals surface area contributed by atoms with Gasteiger partial charge in [-0.2, -0.15) is 0 Å². The van der Waals surface area contributed by atoms with Gasteiger partial charge in [0.15, 0.2) is 5.17 Å². The summed E-state index contributed by atoms with van der Waals surface area (Å²) in [7, 11) is 3.79. The van der Waals surface area contributed by atoms with Gasteiger partial charge >= 0.3 is 0 Å². The van der Waals surface area contributed by atoms with Crippen LogP contribution >= 0.6 is 23.5 Å². The van der Waals surface area contributed by atoms with Crippen molar-refractivity contribution in [1.82, 2.24) is 4.90 Å². The average molecular weight is 367 g/mol. The van der Waals surface area contributed by atoms with E-state index in [1.807, 2.05) is 50.4 Å². The van der Waals surface area contributed by atoms with Crippen LogP contribution in [0.5, 0.6) is 0 Å². The van der Waals surface area contributed by atoms with E-state index in [2.05, 4.69) is 22.0 Å². The molecule has 4 rings (SSSR count). The minimum Gasteiger partial charge on any atom is -0.337 e. The molecule has 2 aromatic rings. The number of amidine groups is 1. The molecule has 6 heteroatoms. The molecule has 0 atom stereocenters. The number of fused-ring (bicyclic) bond motifs is 1. The van der Waals surface area contributed by atoms with Crippen LogP contribution in [0.3, 0.4) is 0 Å². The predicted octanol–water partition coefficient (Wildman–Crippen LogP) is 4.60. The van der Waals surface area contributed by atoms with Gasteiger partial charge < -0.3 is 4.90 Å². The molecule has 2 aliphatic heterocycles. The predicted molar refractivity (Wildman–Crippen MR) is 106 cm³/mol. The Kier molecular flexibility index (Phi) is 4.09.